The van der Waals surface area contributed by atoms with Crippen molar-refractivity contribution in [1.82, 2.24) is 23.7 Å². The Labute approximate surface area is 496 Å². The normalized spacial score (nSPS) is 11.6. The van der Waals surface area contributed by atoms with Crippen LogP contribution in [0.3, 0.4) is 0 Å². The predicted octanol–water partition coefficient (Wildman–Crippen LogP) is 12.7. The van der Waals surface area contributed by atoms with E-state index in [1.807, 2.05) is 70.2 Å². The van der Waals surface area contributed by atoms with Gasteiger partial charge in [0, 0.05) is 55.2 Å². The van der Waals surface area contributed by atoms with Gasteiger partial charge in [-0.25, -0.2) is 0 Å². The molecular weight excluding hydrogens is 1180 g/mol. The van der Waals surface area contributed by atoms with Crippen molar-refractivity contribution < 1.29 is 44.9 Å². The fourth-order valence-corrected chi connectivity index (χ4v) is 12.0. The molecule has 0 saturated carbocycles. The number of aromatic nitrogens is 5. The van der Waals surface area contributed by atoms with Crippen molar-refractivity contribution in [3.8, 4) is 57.7 Å². The summed E-state index contributed by atoms with van der Waals surface area (Å²) >= 11 is 3.03. The van der Waals surface area contributed by atoms with E-state index < -0.39 is 30.0 Å². The number of azo groups is 2. The van der Waals surface area contributed by atoms with Gasteiger partial charge >= 0.3 is 0 Å². The maximum atomic E-state index is 12.3. The number of methoxy groups -OCH3 is 4. The van der Waals surface area contributed by atoms with Gasteiger partial charge < -0.3 is 39.4 Å². The molecule has 0 fully saturated rings. The monoisotopic (exact) mass is 1230 g/mol. The second kappa shape index (κ2) is 27.0. The molecule has 5 aromatic carbocycles. The molecular formula is C54H53N15O10S5. The van der Waals surface area contributed by atoms with Gasteiger partial charge in [-0.1, -0.05) is 42.1 Å². The predicted molar refractivity (Wildman–Crippen MR) is 321 cm³/mol. The van der Waals surface area contributed by atoms with Gasteiger partial charge in [0.2, 0.25) is 11.9 Å². The molecule has 0 spiro atoms. The first-order valence-corrected chi connectivity index (χ1v) is 30.7. The summed E-state index contributed by atoms with van der Waals surface area (Å²) in [5.41, 5.74) is 4.13. The molecule has 0 atom stereocenters. The van der Waals surface area contributed by atoms with Gasteiger partial charge in [0.05, 0.1) is 51.2 Å². The number of nitriles is 2. The van der Waals surface area contributed by atoms with Crippen LogP contribution in [0.5, 0.6) is 23.0 Å². The van der Waals surface area contributed by atoms with Gasteiger partial charge in [-0.05, 0) is 105 Å². The van der Waals surface area contributed by atoms with Crippen LogP contribution >= 0.6 is 34.8 Å². The zero-order chi connectivity index (χ0) is 60.3. The van der Waals surface area contributed by atoms with Crippen LogP contribution in [0, 0.1) is 22.7 Å². The van der Waals surface area contributed by atoms with E-state index in [9.17, 15) is 36.5 Å². The molecule has 0 bridgehead atoms. The Kier molecular flexibility index (Phi) is 19.7. The number of rotatable bonds is 25. The zero-order valence-electron chi connectivity index (χ0n) is 46.2. The minimum atomic E-state index is -4.72. The first-order valence-electron chi connectivity index (χ1n) is 25.3. The third kappa shape index (κ3) is 13.8. The second-order valence-corrected chi connectivity index (χ2v) is 22.7. The van der Waals surface area contributed by atoms with Crippen LogP contribution in [-0.2, 0) is 26.0 Å². The Bertz CT molecular complexity index is 3870. The fraction of sp³-hybridized carbons (Fsp3) is 0.241. The van der Waals surface area contributed by atoms with Crippen LogP contribution in [0.2, 0.25) is 0 Å². The highest BCUT2D eigenvalue weighted by molar-refractivity contribution is 7.98. The van der Waals surface area contributed by atoms with Crippen molar-refractivity contribution in [3.63, 3.8) is 0 Å². The molecule has 0 aliphatic rings. The minimum Gasteiger partial charge on any atom is -0.495 e. The van der Waals surface area contributed by atoms with E-state index in [1.54, 1.807) is 12.1 Å². The van der Waals surface area contributed by atoms with E-state index in [-0.39, 0.29) is 78.4 Å². The number of nitrogens with zero attached hydrogens (tertiary/aromatic N) is 13. The maximum Gasteiger partial charge on any atom is 0.298 e. The molecule has 8 aromatic rings. The average molecular weight is 1230 g/mol. The molecule has 3 aromatic heterocycles. The van der Waals surface area contributed by atoms with Gasteiger partial charge in [0.25, 0.3) is 20.2 Å². The molecule has 3 heterocycles. The summed E-state index contributed by atoms with van der Waals surface area (Å²) in [5, 5.41) is 46.3. The molecule has 30 heteroatoms. The third-order valence-electron chi connectivity index (χ3n) is 12.6. The summed E-state index contributed by atoms with van der Waals surface area (Å²) in [4.78, 5) is 17.7. The Morgan fingerprint density at radius 2 is 0.988 bits per heavy atom. The molecule has 0 saturated heterocycles. The van der Waals surface area contributed by atoms with Crippen LogP contribution in [0.15, 0.2) is 126 Å². The highest BCUT2D eigenvalue weighted by atomic mass is 32.2. The minimum absolute atomic E-state index is 0.0148. The second-order valence-electron chi connectivity index (χ2n) is 17.4. The van der Waals surface area contributed by atoms with Gasteiger partial charge in [-0.3, -0.25) is 9.11 Å². The third-order valence-corrected chi connectivity index (χ3v) is 16.8. The number of ether oxygens (including phenoxy) is 4. The van der Waals surface area contributed by atoms with Gasteiger partial charge in [-0.15, -0.1) is 20.5 Å². The SMILES string of the molecule is CCN(CC)c1cc(Nc2nc(Nc3cc(N(CC)CC)c(OC)cc3/N=N/c3snc(-c4ccc(OC)c(S(=O)(=O)O)c4)c3C#N)nc(SCc3ccccc3)n2)c(/N=N/c2snc(-c3ccc(OC)c(S(=O)(=O)O)c3)c2C#N)cc1OC. The van der Waals surface area contributed by atoms with Crippen LogP contribution in [-0.4, -0.2) is 104 Å². The van der Waals surface area contributed by atoms with E-state index in [0.717, 1.165) is 40.8 Å². The molecule has 4 N–H and O–H groups in total. The lowest BCUT2D eigenvalue weighted by atomic mass is 10.1. The van der Waals surface area contributed by atoms with Crippen LogP contribution in [0.25, 0.3) is 22.5 Å². The molecule has 25 nitrogen and oxygen atoms in total. The lowest BCUT2D eigenvalue weighted by Crippen LogP contribution is -2.22. The number of hydrogen-bond donors (Lipinski definition) is 4. The zero-order valence-corrected chi connectivity index (χ0v) is 50.3. The van der Waals surface area contributed by atoms with Crippen molar-refractivity contribution in [2.75, 3.05) is 75.1 Å². The largest absolute Gasteiger partial charge is 0.495 e. The van der Waals surface area contributed by atoms with Crippen LogP contribution in [0.1, 0.15) is 44.4 Å². The number of thioether (sulfide) groups is 1. The first kappa shape index (κ1) is 61.2. The molecule has 0 aliphatic carbocycles. The summed E-state index contributed by atoms with van der Waals surface area (Å²) in [7, 11) is -3.88. The smallest absolute Gasteiger partial charge is 0.298 e. The molecule has 8 rings (SSSR count). The van der Waals surface area contributed by atoms with E-state index in [1.165, 1.54) is 64.5 Å². The maximum absolute atomic E-state index is 12.3. The summed E-state index contributed by atoms with van der Waals surface area (Å²) in [6, 6.07) is 28.9. The summed E-state index contributed by atoms with van der Waals surface area (Å²) in [5.74, 6) is 1.29. The number of hydrogen-bond acceptors (Lipinski definition) is 26. The summed E-state index contributed by atoms with van der Waals surface area (Å²) in [6.45, 7) is 10.4. The van der Waals surface area contributed by atoms with Crippen LogP contribution < -0.4 is 39.4 Å². The van der Waals surface area contributed by atoms with Crippen molar-refractivity contribution in [2.45, 2.75) is 48.4 Å². The van der Waals surface area contributed by atoms with Gasteiger partial charge in [0.15, 0.2) is 15.2 Å². The molecule has 0 radical (unpaired) electrons. The Morgan fingerprint density at radius 1 is 0.571 bits per heavy atom. The molecule has 84 heavy (non-hydrogen) atoms. The molecule has 434 valence electrons. The number of benzene rings is 5. The molecule has 0 unspecified atom stereocenters. The van der Waals surface area contributed by atoms with Crippen LogP contribution in [0.4, 0.5) is 56.0 Å². The quantitative estimate of drug-likeness (QED) is 0.0235. The number of nitrogens with one attached hydrogen (secondary N) is 2. The number of anilines is 6. The molecule has 0 amide bonds. The first-order chi connectivity index (χ1) is 40.4. The standard InChI is InChI=1S/C54H53N15O10S5/c1-9-68(10-2)40-24-36(38(26-44(40)78-7)62-64-50-34(28-55)48(66-81-50)32-18-20-42(76-5)46(22-32)83(70,71)72)57-52-59-53(61-54(60-52)80-30-31-16-14-13-15-17-31)58-37-25-41(69(11-3)12-4)45(79-8)27-39(37)63-65-51-35(29-56)49(67-82-51)33-19-21-43(77-6)47(23-33)84(73,74)75/h13-27H,9-12,30H2,1-8H3,(H,70,71,72)(H,73,74,75)(H2,57,58,59,60,61)/b64-62+,65-63+. The van der Waals surface area contributed by atoms with E-state index in [0.29, 0.717) is 71.3 Å². The van der Waals surface area contributed by atoms with E-state index in [2.05, 4.69) is 61.8 Å². The Morgan fingerprint density at radius 3 is 1.36 bits per heavy atom. The topological polar surface area (TPSA) is 338 Å². The van der Waals surface area contributed by atoms with Crippen molar-refractivity contribution in [3.05, 3.63) is 108 Å². The summed E-state index contributed by atoms with van der Waals surface area (Å²) < 4.78 is 100.0. The Balaban J connectivity index is 1.24. The Hall–Kier alpha value is -8.88. The fourth-order valence-electron chi connectivity index (χ4n) is 8.47. The highest BCUT2D eigenvalue weighted by Gasteiger charge is 2.25. The van der Waals surface area contributed by atoms with Crippen molar-refractivity contribution >= 4 is 111 Å². The molecule has 0 aliphatic heterocycles. The van der Waals surface area contributed by atoms with E-state index >= 15 is 0 Å². The highest BCUT2D eigenvalue weighted by Crippen LogP contribution is 2.45. The average Bonchev–Trinajstić information content (AvgIpc) is 3.10. The summed E-state index contributed by atoms with van der Waals surface area (Å²) in [6.07, 6.45) is 0. The van der Waals surface area contributed by atoms with Gasteiger partial charge in [-0.2, -0.15) is 51.1 Å². The lowest BCUT2D eigenvalue weighted by Gasteiger charge is -2.25. The lowest BCUT2D eigenvalue weighted by molar-refractivity contribution is 0.397. The van der Waals surface area contributed by atoms with Crippen molar-refractivity contribution in [2.24, 2.45) is 20.5 Å². The van der Waals surface area contributed by atoms with Crippen molar-refractivity contribution in [1.29, 1.82) is 10.5 Å². The van der Waals surface area contributed by atoms with E-state index in [4.69, 9.17) is 33.9 Å². The van der Waals surface area contributed by atoms with Gasteiger partial charge in [0.1, 0.15) is 78.8 Å².